The molecular weight excluding hydrogens is 270 g/mol. The Labute approximate surface area is 125 Å². The SMILES string of the molecule is CC1CCC(OC(=O)CSCc2ccc(N)cc2)CC1. The van der Waals surface area contributed by atoms with E-state index in [1.807, 2.05) is 24.3 Å². The van der Waals surface area contributed by atoms with Gasteiger partial charge in [0.25, 0.3) is 0 Å². The van der Waals surface area contributed by atoms with Crippen LogP contribution in [0.1, 0.15) is 38.2 Å². The molecule has 4 heteroatoms. The molecule has 2 N–H and O–H groups in total. The monoisotopic (exact) mass is 293 g/mol. The van der Waals surface area contributed by atoms with Gasteiger partial charge in [-0.3, -0.25) is 4.79 Å². The highest BCUT2D eigenvalue weighted by Gasteiger charge is 2.21. The van der Waals surface area contributed by atoms with E-state index >= 15 is 0 Å². The number of hydrogen-bond acceptors (Lipinski definition) is 4. The van der Waals surface area contributed by atoms with E-state index < -0.39 is 0 Å². The first kappa shape index (κ1) is 15.2. The summed E-state index contributed by atoms with van der Waals surface area (Å²) in [6.07, 6.45) is 4.55. The van der Waals surface area contributed by atoms with E-state index in [0.717, 1.165) is 30.2 Å². The standard InChI is InChI=1S/C16H23NO2S/c1-12-2-8-15(9-3-12)19-16(18)11-20-10-13-4-6-14(17)7-5-13/h4-7,12,15H,2-3,8-11,17H2,1H3. The summed E-state index contributed by atoms with van der Waals surface area (Å²) in [6.45, 7) is 2.26. The summed E-state index contributed by atoms with van der Waals surface area (Å²) >= 11 is 1.59. The molecule has 0 bridgehead atoms. The van der Waals surface area contributed by atoms with Crippen LogP contribution < -0.4 is 5.73 Å². The zero-order valence-electron chi connectivity index (χ0n) is 12.0. The maximum Gasteiger partial charge on any atom is 0.316 e. The smallest absolute Gasteiger partial charge is 0.316 e. The van der Waals surface area contributed by atoms with Gasteiger partial charge in [0, 0.05) is 11.4 Å². The van der Waals surface area contributed by atoms with Gasteiger partial charge in [-0.2, -0.15) is 0 Å². The number of benzene rings is 1. The second-order valence-electron chi connectivity index (χ2n) is 5.61. The van der Waals surface area contributed by atoms with Crippen molar-refractivity contribution in [3.05, 3.63) is 29.8 Å². The third kappa shape index (κ3) is 5.08. The average molecular weight is 293 g/mol. The van der Waals surface area contributed by atoms with Crippen LogP contribution in [0.4, 0.5) is 5.69 Å². The molecule has 2 rings (SSSR count). The highest BCUT2D eigenvalue weighted by Crippen LogP contribution is 2.26. The molecule has 1 aromatic rings. The van der Waals surface area contributed by atoms with Crippen LogP contribution in [0.25, 0.3) is 0 Å². The number of esters is 1. The summed E-state index contributed by atoms with van der Waals surface area (Å²) in [6, 6.07) is 7.77. The predicted molar refractivity (Wildman–Crippen MR) is 84.5 cm³/mol. The topological polar surface area (TPSA) is 52.3 Å². The minimum atomic E-state index is -0.0787. The lowest BCUT2D eigenvalue weighted by atomic mass is 9.89. The van der Waals surface area contributed by atoms with Crippen molar-refractivity contribution in [2.24, 2.45) is 5.92 Å². The van der Waals surface area contributed by atoms with Gasteiger partial charge in [-0.15, -0.1) is 11.8 Å². The van der Waals surface area contributed by atoms with E-state index in [-0.39, 0.29) is 12.1 Å². The lowest BCUT2D eigenvalue weighted by Gasteiger charge is -2.25. The summed E-state index contributed by atoms with van der Waals surface area (Å²) in [5.74, 6) is 1.95. The molecule has 20 heavy (non-hydrogen) atoms. The second-order valence-corrected chi connectivity index (χ2v) is 6.59. The number of carbonyl (C=O) groups excluding carboxylic acids is 1. The van der Waals surface area contributed by atoms with E-state index in [2.05, 4.69) is 6.92 Å². The molecule has 0 saturated heterocycles. The molecule has 0 atom stereocenters. The normalized spacial score (nSPS) is 22.4. The van der Waals surface area contributed by atoms with Crippen LogP contribution in [0, 0.1) is 5.92 Å². The molecule has 0 unspecified atom stereocenters. The minimum Gasteiger partial charge on any atom is -0.462 e. The highest BCUT2D eigenvalue weighted by molar-refractivity contribution is 7.99. The second kappa shape index (κ2) is 7.58. The van der Waals surface area contributed by atoms with Gasteiger partial charge in [-0.25, -0.2) is 0 Å². The third-order valence-corrected chi connectivity index (χ3v) is 4.71. The molecule has 0 spiro atoms. The van der Waals surface area contributed by atoms with Gasteiger partial charge >= 0.3 is 5.97 Å². The number of rotatable bonds is 5. The van der Waals surface area contributed by atoms with Gasteiger partial charge in [0.15, 0.2) is 0 Å². The number of carbonyl (C=O) groups is 1. The highest BCUT2D eigenvalue weighted by atomic mass is 32.2. The van der Waals surface area contributed by atoms with Crippen LogP contribution in [-0.4, -0.2) is 17.8 Å². The van der Waals surface area contributed by atoms with Gasteiger partial charge in [-0.05, 0) is 49.3 Å². The summed E-state index contributed by atoms with van der Waals surface area (Å²) in [5, 5.41) is 0. The zero-order valence-corrected chi connectivity index (χ0v) is 12.8. The molecule has 0 radical (unpaired) electrons. The number of nitrogen functional groups attached to an aromatic ring is 1. The molecule has 3 nitrogen and oxygen atoms in total. The lowest BCUT2D eigenvalue weighted by Crippen LogP contribution is -2.24. The Hall–Kier alpha value is -1.16. The summed E-state index contributed by atoms with van der Waals surface area (Å²) in [5.41, 5.74) is 7.59. The van der Waals surface area contributed by atoms with Crippen molar-refractivity contribution in [3.8, 4) is 0 Å². The Kier molecular flexibility index (Phi) is 5.77. The summed E-state index contributed by atoms with van der Waals surface area (Å²) < 4.78 is 5.52. The largest absolute Gasteiger partial charge is 0.462 e. The summed E-state index contributed by atoms with van der Waals surface area (Å²) in [4.78, 5) is 11.8. The van der Waals surface area contributed by atoms with E-state index in [0.29, 0.717) is 5.75 Å². The maximum atomic E-state index is 11.8. The van der Waals surface area contributed by atoms with Crippen LogP contribution >= 0.6 is 11.8 Å². The first-order valence-corrected chi connectivity index (χ1v) is 8.40. The molecular formula is C16H23NO2S. The molecule has 0 aliphatic heterocycles. The minimum absolute atomic E-state index is 0.0787. The fraction of sp³-hybridized carbons (Fsp3) is 0.562. The molecule has 1 aromatic carbocycles. The Balaban J connectivity index is 1.64. The molecule has 1 saturated carbocycles. The van der Waals surface area contributed by atoms with E-state index in [1.54, 1.807) is 11.8 Å². The molecule has 1 aliphatic rings. The number of hydrogen-bond donors (Lipinski definition) is 1. The van der Waals surface area contributed by atoms with E-state index in [9.17, 15) is 4.79 Å². The van der Waals surface area contributed by atoms with Crippen molar-refractivity contribution < 1.29 is 9.53 Å². The summed E-state index contributed by atoms with van der Waals surface area (Å²) in [7, 11) is 0. The van der Waals surface area contributed by atoms with Crippen LogP contribution in [0.2, 0.25) is 0 Å². The van der Waals surface area contributed by atoms with Crippen LogP contribution in [0.3, 0.4) is 0 Å². The fourth-order valence-corrected chi connectivity index (χ4v) is 3.20. The van der Waals surface area contributed by atoms with Gasteiger partial charge in [-0.1, -0.05) is 19.1 Å². The Morgan fingerprint density at radius 2 is 1.90 bits per heavy atom. The van der Waals surface area contributed by atoms with Crippen molar-refractivity contribution >= 4 is 23.4 Å². The van der Waals surface area contributed by atoms with Gasteiger partial charge < -0.3 is 10.5 Å². The molecule has 0 amide bonds. The van der Waals surface area contributed by atoms with Crippen molar-refractivity contribution in [2.75, 3.05) is 11.5 Å². The van der Waals surface area contributed by atoms with Crippen LogP contribution in [-0.2, 0) is 15.3 Å². The molecule has 110 valence electrons. The van der Waals surface area contributed by atoms with Crippen LogP contribution in [0.15, 0.2) is 24.3 Å². The van der Waals surface area contributed by atoms with E-state index in [4.69, 9.17) is 10.5 Å². The van der Waals surface area contributed by atoms with Gasteiger partial charge in [0.2, 0.25) is 0 Å². The number of thioether (sulfide) groups is 1. The molecule has 1 fully saturated rings. The van der Waals surface area contributed by atoms with Gasteiger partial charge in [0.1, 0.15) is 6.10 Å². The number of ether oxygens (including phenoxy) is 1. The Morgan fingerprint density at radius 3 is 2.55 bits per heavy atom. The lowest BCUT2D eigenvalue weighted by molar-refractivity contribution is -0.147. The molecule has 1 aliphatic carbocycles. The maximum absolute atomic E-state index is 11.8. The third-order valence-electron chi connectivity index (χ3n) is 3.73. The quantitative estimate of drug-likeness (QED) is 0.665. The number of nitrogens with two attached hydrogens (primary N) is 1. The van der Waals surface area contributed by atoms with E-state index in [1.165, 1.54) is 18.4 Å². The predicted octanol–water partition coefficient (Wildman–Crippen LogP) is 3.62. The van der Waals surface area contributed by atoms with Gasteiger partial charge in [0.05, 0.1) is 5.75 Å². The first-order valence-electron chi connectivity index (χ1n) is 7.25. The number of anilines is 1. The fourth-order valence-electron chi connectivity index (χ4n) is 2.43. The van der Waals surface area contributed by atoms with Crippen molar-refractivity contribution in [1.29, 1.82) is 0 Å². The Morgan fingerprint density at radius 1 is 1.25 bits per heavy atom. The first-order chi connectivity index (χ1) is 9.63. The average Bonchev–Trinajstić information content (AvgIpc) is 2.44. The molecule has 0 heterocycles. The van der Waals surface area contributed by atoms with Crippen molar-refractivity contribution in [1.82, 2.24) is 0 Å². The van der Waals surface area contributed by atoms with Crippen molar-refractivity contribution in [3.63, 3.8) is 0 Å². The Bertz CT molecular complexity index is 425. The van der Waals surface area contributed by atoms with Crippen LogP contribution in [0.5, 0.6) is 0 Å². The zero-order chi connectivity index (χ0) is 14.4. The van der Waals surface area contributed by atoms with Crippen molar-refractivity contribution in [2.45, 2.75) is 44.5 Å². The molecule has 0 aromatic heterocycles.